The highest BCUT2D eigenvalue weighted by Crippen LogP contribution is 2.17. The van der Waals surface area contributed by atoms with Gasteiger partial charge in [-0.3, -0.25) is 9.48 Å². The average Bonchev–Trinajstić information content (AvgIpc) is 2.76. The quantitative estimate of drug-likeness (QED) is 0.766. The molecular formula is C11H16N4O3S. The number of rotatable bonds is 4. The molecule has 1 aromatic rings. The van der Waals surface area contributed by atoms with E-state index in [1.807, 2.05) is 11.8 Å². The molecular weight excluding hydrogens is 268 g/mol. The molecule has 0 unspecified atom stereocenters. The number of hydrogen-bond acceptors (Lipinski definition) is 4. The third-order valence-corrected chi connectivity index (χ3v) is 3.79. The Kier molecular flexibility index (Phi) is 4.67. The molecule has 0 aliphatic carbocycles. The molecule has 0 atom stereocenters. The van der Waals surface area contributed by atoms with E-state index in [-0.39, 0.29) is 18.6 Å². The van der Waals surface area contributed by atoms with Crippen molar-refractivity contribution in [3.05, 3.63) is 12.4 Å². The van der Waals surface area contributed by atoms with Crippen molar-refractivity contribution in [2.24, 2.45) is 0 Å². The molecule has 0 aromatic carbocycles. The lowest BCUT2D eigenvalue weighted by Crippen LogP contribution is -2.39. The van der Waals surface area contributed by atoms with Crippen LogP contribution in [0.25, 0.3) is 0 Å². The third kappa shape index (κ3) is 4.47. The number of carbonyl (C=O) groups excluding carboxylic acids is 1. The molecule has 1 saturated heterocycles. The van der Waals surface area contributed by atoms with Crippen molar-refractivity contribution in [2.45, 2.75) is 25.4 Å². The molecule has 8 heteroatoms. The van der Waals surface area contributed by atoms with Crippen molar-refractivity contribution in [2.75, 3.05) is 16.8 Å². The maximum atomic E-state index is 11.7. The van der Waals surface area contributed by atoms with Crippen molar-refractivity contribution < 1.29 is 14.7 Å². The maximum absolute atomic E-state index is 11.7. The van der Waals surface area contributed by atoms with Gasteiger partial charge in [-0.1, -0.05) is 0 Å². The highest BCUT2D eigenvalue weighted by Gasteiger charge is 2.16. The number of hydrogen-bond donors (Lipinski definition) is 3. The van der Waals surface area contributed by atoms with E-state index in [4.69, 9.17) is 5.11 Å². The summed E-state index contributed by atoms with van der Waals surface area (Å²) in [6.07, 6.45) is 4.89. The normalized spacial score (nSPS) is 16.0. The average molecular weight is 284 g/mol. The van der Waals surface area contributed by atoms with Crippen molar-refractivity contribution in [3.8, 4) is 0 Å². The molecule has 1 aliphatic heterocycles. The molecule has 19 heavy (non-hydrogen) atoms. The maximum Gasteiger partial charge on any atom is 0.325 e. The number of aromatic nitrogens is 2. The summed E-state index contributed by atoms with van der Waals surface area (Å²) in [6, 6.07) is -0.0536. The molecule has 1 fully saturated rings. The zero-order valence-corrected chi connectivity index (χ0v) is 11.2. The monoisotopic (exact) mass is 284 g/mol. The van der Waals surface area contributed by atoms with Crippen molar-refractivity contribution in [3.63, 3.8) is 0 Å². The highest BCUT2D eigenvalue weighted by atomic mass is 32.2. The van der Waals surface area contributed by atoms with Crippen LogP contribution in [0.1, 0.15) is 12.8 Å². The van der Waals surface area contributed by atoms with Crippen LogP contribution in [0.15, 0.2) is 12.4 Å². The number of amides is 2. The van der Waals surface area contributed by atoms with Crippen molar-refractivity contribution in [1.29, 1.82) is 0 Å². The third-order valence-electron chi connectivity index (χ3n) is 2.74. The van der Waals surface area contributed by atoms with E-state index in [1.165, 1.54) is 17.1 Å². The van der Waals surface area contributed by atoms with E-state index >= 15 is 0 Å². The molecule has 0 bridgehead atoms. The Bertz CT molecular complexity index is 457. The van der Waals surface area contributed by atoms with Crippen LogP contribution in [-0.2, 0) is 11.3 Å². The van der Waals surface area contributed by atoms with Gasteiger partial charge in [0.2, 0.25) is 0 Å². The van der Waals surface area contributed by atoms with E-state index in [0.717, 1.165) is 24.3 Å². The molecule has 0 saturated carbocycles. The molecule has 2 rings (SSSR count). The van der Waals surface area contributed by atoms with Crippen LogP contribution in [0, 0.1) is 0 Å². The summed E-state index contributed by atoms with van der Waals surface area (Å²) in [4.78, 5) is 22.2. The number of thioether (sulfide) groups is 1. The van der Waals surface area contributed by atoms with Crippen LogP contribution in [0.3, 0.4) is 0 Å². The second-order valence-electron chi connectivity index (χ2n) is 4.31. The van der Waals surface area contributed by atoms with Crippen LogP contribution in [0.2, 0.25) is 0 Å². The summed E-state index contributed by atoms with van der Waals surface area (Å²) in [7, 11) is 0. The van der Waals surface area contributed by atoms with Gasteiger partial charge in [0.1, 0.15) is 6.54 Å². The fraction of sp³-hybridized carbons (Fsp3) is 0.545. The Morgan fingerprint density at radius 2 is 2.21 bits per heavy atom. The van der Waals surface area contributed by atoms with Crippen molar-refractivity contribution >= 4 is 29.4 Å². The minimum atomic E-state index is -0.973. The van der Waals surface area contributed by atoms with Crippen LogP contribution in [0.4, 0.5) is 10.5 Å². The molecule has 1 aliphatic rings. The van der Waals surface area contributed by atoms with Crippen LogP contribution >= 0.6 is 11.8 Å². The first-order chi connectivity index (χ1) is 9.13. The number of nitrogens with one attached hydrogen (secondary N) is 2. The van der Waals surface area contributed by atoms with E-state index < -0.39 is 5.97 Å². The molecule has 0 spiro atoms. The molecule has 2 amide bonds. The Labute approximate surface area is 114 Å². The number of nitrogens with zero attached hydrogens (tertiary/aromatic N) is 2. The summed E-state index contributed by atoms with van der Waals surface area (Å²) in [5.41, 5.74) is 0.490. The second-order valence-corrected chi connectivity index (χ2v) is 5.53. The molecule has 0 radical (unpaired) electrons. The molecule has 7 nitrogen and oxygen atoms in total. The Hall–Kier alpha value is -1.70. The van der Waals surface area contributed by atoms with Gasteiger partial charge in [0, 0.05) is 12.2 Å². The van der Waals surface area contributed by atoms with Crippen LogP contribution < -0.4 is 10.6 Å². The SMILES string of the molecule is O=C(O)Cn1cc(NC(=O)NC2CCSCC2)cn1. The van der Waals surface area contributed by atoms with E-state index in [2.05, 4.69) is 15.7 Å². The second kappa shape index (κ2) is 6.46. The molecule has 104 valence electrons. The predicted octanol–water partition coefficient (Wildman–Crippen LogP) is 0.985. The van der Waals surface area contributed by atoms with Gasteiger partial charge in [-0.05, 0) is 24.3 Å². The summed E-state index contributed by atoms with van der Waals surface area (Å²) in [6.45, 7) is -0.219. The van der Waals surface area contributed by atoms with E-state index in [1.54, 1.807) is 0 Å². The highest BCUT2D eigenvalue weighted by molar-refractivity contribution is 7.99. The Morgan fingerprint density at radius 1 is 1.47 bits per heavy atom. The van der Waals surface area contributed by atoms with Gasteiger partial charge >= 0.3 is 12.0 Å². The lowest BCUT2D eigenvalue weighted by Gasteiger charge is -2.22. The molecule has 1 aromatic heterocycles. The Balaban J connectivity index is 1.81. The zero-order valence-electron chi connectivity index (χ0n) is 10.3. The van der Waals surface area contributed by atoms with Gasteiger partial charge in [0.15, 0.2) is 0 Å². The number of carboxylic acids is 1. The number of aliphatic carboxylic acids is 1. The zero-order chi connectivity index (χ0) is 13.7. The summed E-state index contributed by atoms with van der Waals surface area (Å²) >= 11 is 1.90. The van der Waals surface area contributed by atoms with Gasteiger partial charge in [-0.2, -0.15) is 16.9 Å². The smallest absolute Gasteiger partial charge is 0.325 e. The first kappa shape index (κ1) is 13.7. The van der Waals surface area contributed by atoms with Gasteiger partial charge < -0.3 is 15.7 Å². The first-order valence-corrected chi connectivity index (χ1v) is 7.18. The molecule has 3 N–H and O–H groups in total. The van der Waals surface area contributed by atoms with Gasteiger partial charge in [0.05, 0.1) is 11.9 Å². The number of carboxylic acid groups (broad SMARTS) is 1. The summed E-state index contributed by atoms with van der Waals surface area (Å²) in [5.74, 6) is 1.17. The minimum absolute atomic E-state index is 0.218. The van der Waals surface area contributed by atoms with E-state index in [0.29, 0.717) is 5.69 Å². The van der Waals surface area contributed by atoms with Crippen molar-refractivity contribution in [1.82, 2.24) is 15.1 Å². The number of urea groups is 1. The molecule has 2 heterocycles. The summed E-state index contributed by atoms with van der Waals surface area (Å²) < 4.78 is 1.26. The van der Waals surface area contributed by atoms with Gasteiger partial charge in [0.25, 0.3) is 0 Å². The number of anilines is 1. The number of carbonyl (C=O) groups is 2. The first-order valence-electron chi connectivity index (χ1n) is 6.03. The van der Waals surface area contributed by atoms with Gasteiger partial charge in [-0.15, -0.1) is 0 Å². The lowest BCUT2D eigenvalue weighted by atomic mass is 10.2. The topological polar surface area (TPSA) is 96.2 Å². The predicted molar refractivity (Wildman–Crippen MR) is 72.4 cm³/mol. The largest absolute Gasteiger partial charge is 0.480 e. The standard InChI is InChI=1S/C11H16N4O3S/c16-10(17)7-15-6-9(5-12-15)14-11(18)13-8-1-3-19-4-2-8/h5-6,8H,1-4,7H2,(H,16,17)(H2,13,14,18). The van der Waals surface area contributed by atoms with Crippen LogP contribution in [0.5, 0.6) is 0 Å². The van der Waals surface area contributed by atoms with Crippen LogP contribution in [-0.4, -0.2) is 44.4 Å². The van der Waals surface area contributed by atoms with Gasteiger partial charge in [-0.25, -0.2) is 4.79 Å². The summed E-state index contributed by atoms with van der Waals surface area (Å²) in [5, 5.41) is 18.0. The van der Waals surface area contributed by atoms with E-state index in [9.17, 15) is 9.59 Å². The minimum Gasteiger partial charge on any atom is -0.480 e. The Morgan fingerprint density at radius 3 is 2.89 bits per heavy atom. The fourth-order valence-electron chi connectivity index (χ4n) is 1.85. The lowest BCUT2D eigenvalue weighted by molar-refractivity contribution is -0.137. The fourth-order valence-corrected chi connectivity index (χ4v) is 2.95.